The van der Waals surface area contributed by atoms with Crippen LogP contribution in [-0.2, 0) is 20.0 Å². The van der Waals surface area contributed by atoms with E-state index in [1.807, 2.05) is 12.1 Å². The number of benzene rings is 1. The molecule has 1 amide bonds. The molecule has 0 N–H and O–H groups in total. The van der Waals surface area contributed by atoms with Gasteiger partial charge in [0.2, 0.25) is 0 Å². The van der Waals surface area contributed by atoms with Crippen molar-refractivity contribution in [3.63, 3.8) is 0 Å². The molecule has 0 saturated carbocycles. The first-order valence-electron chi connectivity index (χ1n) is 8.85. The van der Waals surface area contributed by atoms with Crippen molar-refractivity contribution in [1.82, 2.24) is 18.2 Å². The number of ketones is 1. The van der Waals surface area contributed by atoms with Crippen molar-refractivity contribution in [3.05, 3.63) is 69.4 Å². The van der Waals surface area contributed by atoms with E-state index in [-0.39, 0.29) is 17.2 Å². The topological polar surface area (TPSA) is 85.2 Å². The van der Waals surface area contributed by atoms with E-state index in [0.717, 1.165) is 23.0 Å². The largest absolute Gasteiger partial charge is 0.332 e. The van der Waals surface area contributed by atoms with Gasteiger partial charge in [-0.2, -0.15) is 8.75 Å². The quantitative estimate of drug-likeness (QED) is 0.637. The molecule has 0 unspecified atom stereocenters. The highest BCUT2D eigenvalue weighted by atomic mass is 32.1. The number of rotatable bonds is 3. The van der Waals surface area contributed by atoms with Gasteiger partial charge in [0, 0.05) is 43.4 Å². The summed E-state index contributed by atoms with van der Waals surface area (Å²) in [6, 6.07) is 8.91. The number of amides is 1. The lowest BCUT2D eigenvalue weighted by molar-refractivity contribution is 0.0727. The summed E-state index contributed by atoms with van der Waals surface area (Å²) < 4.78 is 9.57. The van der Waals surface area contributed by atoms with Crippen LogP contribution in [0.2, 0.25) is 0 Å². The molecule has 142 valence electrons. The number of aromatic nitrogens is 3. The van der Waals surface area contributed by atoms with Crippen molar-refractivity contribution in [2.45, 2.75) is 19.9 Å². The molecule has 4 rings (SSSR count). The maximum absolute atomic E-state index is 12.9. The molecule has 2 aromatic heterocycles. The highest BCUT2D eigenvalue weighted by Gasteiger charge is 2.26. The number of nitrogens with zero attached hydrogens (tertiary/aromatic N) is 4. The fraction of sp³-hybridized carbons (Fsp3) is 0.250. The van der Waals surface area contributed by atoms with E-state index < -0.39 is 0 Å². The third-order valence-corrected chi connectivity index (χ3v) is 5.53. The SMILES string of the molecule is CC(=O)c1cccc(-c2cc3c(n(C)c2=O)CCN(C(=O)c2cnsn2)C3)c1. The Kier molecular flexibility index (Phi) is 4.64. The summed E-state index contributed by atoms with van der Waals surface area (Å²) in [4.78, 5) is 39.0. The van der Waals surface area contributed by atoms with Crippen molar-refractivity contribution in [2.24, 2.45) is 7.05 Å². The summed E-state index contributed by atoms with van der Waals surface area (Å²) in [6.07, 6.45) is 2.07. The summed E-state index contributed by atoms with van der Waals surface area (Å²) in [5, 5.41) is 0. The summed E-state index contributed by atoms with van der Waals surface area (Å²) in [5.41, 5.74) is 3.86. The average molecular weight is 394 g/mol. The van der Waals surface area contributed by atoms with Gasteiger partial charge in [-0.3, -0.25) is 14.4 Å². The number of hydrogen-bond acceptors (Lipinski definition) is 6. The van der Waals surface area contributed by atoms with E-state index in [9.17, 15) is 14.4 Å². The molecule has 0 aliphatic carbocycles. The van der Waals surface area contributed by atoms with E-state index in [1.54, 1.807) is 34.7 Å². The molecule has 3 aromatic rings. The van der Waals surface area contributed by atoms with E-state index >= 15 is 0 Å². The van der Waals surface area contributed by atoms with E-state index in [0.29, 0.717) is 41.9 Å². The second kappa shape index (κ2) is 7.12. The minimum absolute atomic E-state index is 0.0507. The predicted octanol–water partition coefficient (Wildman–Crippen LogP) is 2.30. The van der Waals surface area contributed by atoms with Gasteiger partial charge in [-0.15, -0.1) is 0 Å². The highest BCUT2D eigenvalue weighted by molar-refractivity contribution is 6.99. The Hall–Kier alpha value is -3.13. The first-order valence-corrected chi connectivity index (χ1v) is 9.58. The molecule has 8 heteroatoms. The van der Waals surface area contributed by atoms with Crippen LogP contribution in [0.1, 0.15) is 39.0 Å². The highest BCUT2D eigenvalue weighted by Crippen LogP contribution is 2.25. The molecule has 28 heavy (non-hydrogen) atoms. The number of carbonyl (C=O) groups is 2. The van der Waals surface area contributed by atoms with Crippen molar-refractivity contribution in [2.75, 3.05) is 6.54 Å². The van der Waals surface area contributed by atoms with Crippen LogP contribution in [-0.4, -0.2) is 36.4 Å². The van der Waals surface area contributed by atoms with Crippen molar-refractivity contribution < 1.29 is 9.59 Å². The average Bonchev–Trinajstić information content (AvgIpc) is 3.24. The summed E-state index contributed by atoms with van der Waals surface area (Å²) in [7, 11) is 1.75. The Balaban J connectivity index is 1.75. The first-order chi connectivity index (χ1) is 13.5. The van der Waals surface area contributed by atoms with Gasteiger partial charge in [-0.25, -0.2) is 0 Å². The van der Waals surface area contributed by atoms with Gasteiger partial charge in [-0.1, -0.05) is 18.2 Å². The van der Waals surface area contributed by atoms with Crippen LogP contribution < -0.4 is 5.56 Å². The zero-order chi connectivity index (χ0) is 19.8. The third kappa shape index (κ3) is 3.16. The summed E-state index contributed by atoms with van der Waals surface area (Å²) in [6.45, 7) is 2.43. The van der Waals surface area contributed by atoms with Crippen molar-refractivity contribution in [3.8, 4) is 11.1 Å². The Bertz CT molecular complexity index is 1130. The Morgan fingerprint density at radius 1 is 1.21 bits per heavy atom. The maximum Gasteiger partial charge on any atom is 0.275 e. The minimum Gasteiger partial charge on any atom is -0.332 e. The van der Waals surface area contributed by atoms with Gasteiger partial charge in [0.25, 0.3) is 11.5 Å². The molecule has 0 bridgehead atoms. The smallest absolute Gasteiger partial charge is 0.275 e. The number of pyridine rings is 1. The van der Waals surface area contributed by atoms with Crippen LogP contribution in [0, 0.1) is 0 Å². The lowest BCUT2D eigenvalue weighted by atomic mass is 9.97. The fourth-order valence-corrected chi connectivity index (χ4v) is 3.94. The van der Waals surface area contributed by atoms with Gasteiger partial charge < -0.3 is 9.47 Å². The summed E-state index contributed by atoms with van der Waals surface area (Å²) in [5.74, 6) is -0.210. The molecule has 1 aliphatic rings. The third-order valence-electron chi connectivity index (χ3n) is 5.06. The Labute approximate surface area is 165 Å². The fourth-order valence-electron chi connectivity index (χ4n) is 3.54. The minimum atomic E-state index is -0.159. The lowest BCUT2D eigenvalue weighted by Crippen LogP contribution is -2.39. The molecule has 0 radical (unpaired) electrons. The first kappa shape index (κ1) is 18.2. The molecule has 1 aliphatic heterocycles. The lowest BCUT2D eigenvalue weighted by Gasteiger charge is -2.30. The number of Topliss-reactive ketones (excluding diaryl/α,β-unsaturated/α-hetero) is 1. The Morgan fingerprint density at radius 2 is 2.04 bits per heavy atom. The van der Waals surface area contributed by atoms with Crippen LogP contribution in [0.3, 0.4) is 0 Å². The zero-order valence-corrected chi connectivity index (χ0v) is 16.3. The predicted molar refractivity (Wildman–Crippen MR) is 105 cm³/mol. The molecule has 0 spiro atoms. The standard InChI is InChI=1S/C20H18N4O3S/c1-12(25)13-4-3-5-14(8-13)16-9-15-11-24(20(27)17-10-21-28-22-17)7-6-18(15)23(2)19(16)26/h3-5,8-10H,6-7,11H2,1-2H3. The number of carbonyl (C=O) groups excluding carboxylic acids is 2. The monoisotopic (exact) mass is 394 g/mol. The molecule has 0 fully saturated rings. The molecular weight excluding hydrogens is 376 g/mol. The van der Waals surface area contributed by atoms with Crippen LogP contribution >= 0.6 is 11.7 Å². The number of hydrogen-bond donors (Lipinski definition) is 0. The molecule has 3 heterocycles. The summed E-state index contributed by atoms with van der Waals surface area (Å²) >= 11 is 1.00. The van der Waals surface area contributed by atoms with Gasteiger partial charge in [-0.05, 0) is 30.2 Å². The van der Waals surface area contributed by atoms with Crippen molar-refractivity contribution in [1.29, 1.82) is 0 Å². The van der Waals surface area contributed by atoms with Gasteiger partial charge in [0.1, 0.15) is 0 Å². The van der Waals surface area contributed by atoms with E-state index in [4.69, 9.17) is 0 Å². The van der Waals surface area contributed by atoms with Gasteiger partial charge in [0.15, 0.2) is 11.5 Å². The second-order valence-corrected chi connectivity index (χ2v) is 7.36. The van der Waals surface area contributed by atoms with Crippen LogP contribution in [0.15, 0.2) is 41.3 Å². The molecule has 0 atom stereocenters. The van der Waals surface area contributed by atoms with Crippen LogP contribution in [0.25, 0.3) is 11.1 Å². The molecule has 1 aromatic carbocycles. The molecular formula is C20H18N4O3S. The second-order valence-electron chi connectivity index (χ2n) is 6.80. The van der Waals surface area contributed by atoms with E-state index in [2.05, 4.69) is 8.75 Å². The molecule has 7 nitrogen and oxygen atoms in total. The zero-order valence-electron chi connectivity index (χ0n) is 15.5. The Morgan fingerprint density at radius 3 is 2.75 bits per heavy atom. The number of fused-ring (bicyclic) bond motifs is 1. The van der Waals surface area contributed by atoms with Crippen molar-refractivity contribution >= 4 is 23.4 Å². The van der Waals surface area contributed by atoms with Crippen LogP contribution in [0.4, 0.5) is 0 Å². The molecule has 0 saturated heterocycles. The van der Waals surface area contributed by atoms with E-state index in [1.165, 1.54) is 13.1 Å². The van der Waals surface area contributed by atoms with Gasteiger partial charge in [0.05, 0.1) is 17.9 Å². The maximum atomic E-state index is 12.9. The van der Waals surface area contributed by atoms with Gasteiger partial charge >= 0.3 is 0 Å². The normalized spacial score (nSPS) is 13.3. The van der Waals surface area contributed by atoms with Crippen LogP contribution in [0.5, 0.6) is 0 Å².